The molecule has 0 aliphatic carbocycles. The van der Waals surface area contributed by atoms with Crippen LogP contribution in [-0.4, -0.2) is 35.6 Å². The Hall–Kier alpha value is -1.99. The average Bonchev–Trinajstić information content (AvgIpc) is 2.44. The third-order valence-corrected chi connectivity index (χ3v) is 2.61. The number of carbonyl (C=O) groups is 2. The Kier molecular flexibility index (Phi) is 5.91. The molecule has 0 radical (unpaired) electrons. The van der Waals surface area contributed by atoms with Gasteiger partial charge in [-0.15, -0.1) is 0 Å². The molecule has 4 N–H and O–H groups in total. The molecule has 7 nitrogen and oxygen atoms in total. The molecule has 0 saturated heterocycles. The molecule has 0 bridgehead atoms. The van der Waals surface area contributed by atoms with Crippen molar-refractivity contribution in [2.24, 2.45) is 0 Å². The maximum atomic E-state index is 11.5. The lowest BCUT2D eigenvalue weighted by molar-refractivity contribution is -0.120. The van der Waals surface area contributed by atoms with Crippen molar-refractivity contribution in [3.8, 4) is 0 Å². The van der Waals surface area contributed by atoms with E-state index in [1.165, 1.54) is 6.20 Å². The molecular formula is C12H18N4O3. The van der Waals surface area contributed by atoms with Gasteiger partial charge in [-0.05, 0) is 25.1 Å². The number of rotatable bonds is 6. The molecule has 0 aromatic carbocycles. The van der Waals surface area contributed by atoms with Crippen molar-refractivity contribution < 1.29 is 14.8 Å². The van der Waals surface area contributed by atoms with Crippen LogP contribution in [0.2, 0.25) is 0 Å². The molecule has 0 aliphatic rings. The number of pyridine rings is 1. The maximum absolute atomic E-state index is 11.5. The molecule has 0 spiro atoms. The third-order valence-electron chi connectivity index (χ3n) is 2.61. The molecule has 19 heavy (non-hydrogen) atoms. The highest BCUT2D eigenvalue weighted by atomic mass is 16.5. The predicted molar refractivity (Wildman–Crippen MR) is 68.6 cm³/mol. The van der Waals surface area contributed by atoms with Crippen molar-refractivity contribution in [2.75, 3.05) is 13.6 Å². The van der Waals surface area contributed by atoms with E-state index in [4.69, 9.17) is 5.21 Å². The first-order valence-corrected chi connectivity index (χ1v) is 5.95. The quantitative estimate of drug-likeness (QED) is 0.428. The first-order chi connectivity index (χ1) is 9.12. The van der Waals surface area contributed by atoms with Crippen molar-refractivity contribution >= 4 is 11.8 Å². The van der Waals surface area contributed by atoms with Gasteiger partial charge in [-0.1, -0.05) is 6.92 Å². The summed E-state index contributed by atoms with van der Waals surface area (Å²) >= 11 is 0. The molecule has 1 aromatic heterocycles. The van der Waals surface area contributed by atoms with Crippen LogP contribution in [0.4, 0.5) is 0 Å². The Balaban J connectivity index is 2.86. The minimum atomic E-state index is -0.634. The number of amides is 2. The minimum absolute atomic E-state index is 0.133. The van der Waals surface area contributed by atoms with Gasteiger partial charge in [0.1, 0.15) is 0 Å². The zero-order valence-corrected chi connectivity index (χ0v) is 10.9. The van der Waals surface area contributed by atoms with Crippen LogP contribution < -0.4 is 16.1 Å². The molecule has 2 amide bonds. The van der Waals surface area contributed by atoms with E-state index in [-0.39, 0.29) is 24.1 Å². The van der Waals surface area contributed by atoms with Gasteiger partial charge in [0.25, 0.3) is 5.91 Å². The van der Waals surface area contributed by atoms with Crippen LogP contribution in [0.3, 0.4) is 0 Å². The van der Waals surface area contributed by atoms with E-state index < -0.39 is 5.91 Å². The highest BCUT2D eigenvalue weighted by Crippen LogP contribution is 2.16. The summed E-state index contributed by atoms with van der Waals surface area (Å²) in [6, 6.07) is 1.37. The van der Waals surface area contributed by atoms with Crippen LogP contribution in [0.15, 0.2) is 18.5 Å². The van der Waals surface area contributed by atoms with Crippen molar-refractivity contribution in [3.63, 3.8) is 0 Å². The van der Waals surface area contributed by atoms with E-state index in [1.54, 1.807) is 24.8 Å². The minimum Gasteiger partial charge on any atom is -0.348 e. The van der Waals surface area contributed by atoms with Crippen LogP contribution >= 0.6 is 0 Å². The highest BCUT2D eigenvalue weighted by Gasteiger charge is 2.14. The summed E-state index contributed by atoms with van der Waals surface area (Å²) < 4.78 is 0. The monoisotopic (exact) mass is 266 g/mol. The fourth-order valence-corrected chi connectivity index (χ4v) is 1.66. The highest BCUT2D eigenvalue weighted by molar-refractivity contribution is 5.93. The Morgan fingerprint density at radius 1 is 1.42 bits per heavy atom. The predicted octanol–water partition coefficient (Wildman–Crippen LogP) is -0.0127. The van der Waals surface area contributed by atoms with Crippen molar-refractivity contribution in [3.05, 3.63) is 29.6 Å². The van der Waals surface area contributed by atoms with Crippen LogP contribution in [-0.2, 0) is 4.79 Å². The van der Waals surface area contributed by atoms with E-state index in [0.717, 1.165) is 0 Å². The van der Waals surface area contributed by atoms with Crippen molar-refractivity contribution in [1.82, 2.24) is 21.1 Å². The molecule has 0 saturated carbocycles. The third kappa shape index (κ3) is 4.31. The van der Waals surface area contributed by atoms with Crippen LogP contribution in [0.1, 0.15) is 35.3 Å². The fourth-order valence-electron chi connectivity index (χ4n) is 1.66. The lowest BCUT2D eigenvalue weighted by atomic mass is 10.0. The Bertz CT molecular complexity index is 450. The second kappa shape index (κ2) is 7.45. The van der Waals surface area contributed by atoms with E-state index >= 15 is 0 Å². The normalized spacial score (nSPS) is 11.7. The summed E-state index contributed by atoms with van der Waals surface area (Å²) in [6.07, 6.45) is 3.60. The zero-order chi connectivity index (χ0) is 14.3. The number of nitrogens with zero attached hydrogens (tertiary/aromatic N) is 1. The molecule has 1 atom stereocenters. The summed E-state index contributed by atoms with van der Waals surface area (Å²) in [5.41, 5.74) is 2.50. The number of carbonyl (C=O) groups excluding carboxylic acids is 2. The first-order valence-electron chi connectivity index (χ1n) is 5.95. The fraction of sp³-hybridized carbons (Fsp3) is 0.417. The SMILES string of the molecule is CCC(NC(=O)CNC)c1cncc(C(=O)NO)c1. The molecule has 0 fully saturated rings. The van der Waals surface area contributed by atoms with Crippen LogP contribution in [0.5, 0.6) is 0 Å². The Labute approximate surface area is 111 Å². The molecule has 0 aliphatic heterocycles. The number of hydrogen-bond acceptors (Lipinski definition) is 5. The summed E-state index contributed by atoms with van der Waals surface area (Å²) in [5, 5.41) is 14.2. The number of hydroxylamine groups is 1. The van der Waals surface area contributed by atoms with E-state index in [2.05, 4.69) is 15.6 Å². The summed E-state index contributed by atoms with van der Waals surface area (Å²) in [6.45, 7) is 2.14. The van der Waals surface area contributed by atoms with Gasteiger partial charge in [-0.25, -0.2) is 5.48 Å². The molecule has 1 unspecified atom stereocenters. The van der Waals surface area contributed by atoms with E-state index in [1.807, 2.05) is 6.92 Å². The van der Waals surface area contributed by atoms with E-state index in [0.29, 0.717) is 12.0 Å². The van der Waals surface area contributed by atoms with Gasteiger partial charge in [0.15, 0.2) is 0 Å². The molecule has 7 heteroatoms. The van der Waals surface area contributed by atoms with Gasteiger partial charge in [0.05, 0.1) is 18.2 Å². The largest absolute Gasteiger partial charge is 0.348 e. The lowest BCUT2D eigenvalue weighted by Gasteiger charge is -2.17. The number of likely N-dealkylation sites (N-methyl/N-ethyl adjacent to an activating group) is 1. The smallest absolute Gasteiger partial charge is 0.276 e. The number of nitrogens with one attached hydrogen (secondary N) is 3. The number of hydrogen-bond donors (Lipinski definition) is 4. The molecule has 1 heterocycles. The number of aromatic nitrogens is 1. The molecular weight excluding hydrogens is 248 g/mol. The zero-order valence-electron chi connectivity index (χ0n) is 10.9. The van der Waals surface area contributed by atoms with Crippen molar-refractivity contribution in [2.45, 2.75) is 19.4 Å². The van der Waals surface area contributed by atoms with Crippen molar-refractivity contribution in [1.29, 1.82) is 0 Å². The standard InChI is InChI=1S/C12H18N4O3/c1-3-10(15-11(17)7-13-2)8-4-9(6-14-5-8)12(18)16-19/h4-6,10,13,19H,3,7H2,1-2H3,(H,15,17)(H,16,18). The van der Waals surface area contributed by atoms with Gasteiger partial charge in [0.2, 0.25) is 5.91 Å². The summed E-state index contributed by atoms with van der Waals surface area (Å²) in [4.78, 5) is 26.8. The van der Waals surface area contributed by atoms with E-state index in [9.17, 15) is 9.59 Å². The maximum Gasteiger partial charge on any atom is 0.276 e. The average molecular weight is 266 g/mol. The van der Waals surface area contributed by atoms with Gasteiger partial charge in [-0.3, -0.25) is 19.8 Å². The second-order valence-electron chi connectivity index (χ2n) is 4.01. The van der Waals surface area contributed by atoms with Gasteiger partial charge >= 0.3 is 0 Å². The Morgan fingerprint density at radius 2 is 2.16 bits per heavy atom. The van der Waals surface area contributed by atoms with Gasteiger partial charge < -0.3 is 10.6 Å². The Morgan fingerprint density at radius 3 is 2.74 bits per heavy atom. The van der Waals surface area contributed by atoms with Crippen LogP contribution in [0, 0.1) is 0 Å². The molecule has 1 aromatic rings. The lowest BCUT2D eigenvalue weighted by Crippen LogP contribution is -2.35. The molecule has 104 valence electrons. The molecule has 1 rings (SSSR count). The topological polar surface area (TPSA) is 103 Å². The van der Waals surface area contributed by atoms with Gasteiger partial charge in [-0.2, -0.15) is 0 Å². The second-order valence-corrected chi connectivity index (χ2v) is 4.01. The first kappa shape index (κ1) is 15.1. The van der Waals surface area contributed by atoms with Crippen LogP contribution in [0.25, 0.3) is 0 Å². The van der Waals surface area contributed by atoms with Gasteiger partial charge in [0, 0.05) is 12.4 Å². The summed E-state index contributed by atoms with van der Waals surface area (Å²) in [5.74, 6) is -0.767. The summed E-state index contributed by atoms with van der Waals surface area (Å²) in [7, 11) is 1.69.